The fourth-order valence-electron chi connectivity index (χ4n) is 2.67. The van der Waals surface area contributed by atoms with Gasteiger partial charge in [0, 0.05) is 12.2 Å². The average molecular weight is 251 g/mol. The molecule has 18 heavy (non-hydrogen) atoms. The van der Waals surface area contributed by atoms with Crippen LogP contribution in [0.4, 0.5) is 4.39 Å². The molecule has 0 amide bonds. The van der Waals surface area contributed by atoms with Gasteiger partial charge >= 0.3 is 0 Å². The Kier molecular flexibility index (Phi) is 4.36. The fourth-order valence-corrected chi connectivity index (χ4v) is 2.67. The Balaban J connectivity index is 2.31. The van der Waals surface area contributed by atoms with Crippen molar-refractivity contribution in [2.24, 2.45) is 5.92 Å². The maximum absolute atomic E-state index is 14.0. The molecule has 3 unspecified atom stereocenters. The van der Waals surface area contributed by atoms with Gasteiger partial charge in [0.1, 0.15) is 5.82 Å². The molecular weight excluding hydrogens is 229 g/mol. The van der Waals surface area contributed by atoms with Crippen molar-refractivity contribution in [1.29, 1.82) is 0 Å². The van der Waals surface area contributed by atoms with Crippen molar-refractivity contribution in [3.05, 3.63) is 35.1 Å². The first-order chi connectivity index (χ1) is 8.63. The van der Waals surface area contributed by atoms with Gasteiger partial charge in [-0.1, -0.05) is 31.5 Å². The monoisotopic (exact) mass is 251 g/mol. The lowest BCUT2D eigenvalue weighted by Crippen LogP contribution is -2.35. The fraction of sp³-hybridized carbons (Fsp3) is 0.600. The van der Waals surface area contributed by atoms with Gasteiger partial charge in [-0.2, -0.15) is 0 Å². The van der Waals surface area contributed by atoms with Crippen molar-refractivity contribution in [3.63, 3.8) is 0 Å². The second-order valence-corrected chi connectivity index (χ2v) is 5.16. The molecule has 3 atom stereocenters. The molecular formula is C15H22FNO. The van der Waals surface area contributed by atoms with Crippen molar-refractivity contribution in [1.82, 2.24) is 5.32 Å². The molecule has 1 N–H and O–H groups in total. The maximum atomic E-state index is 14.0. The van der Waals surface area contributed by atoms with E-state index in [4.69, 9.17) is 4.74 Å². The van der Waals surface area contributed by atoms with E-state index in [1.807, 2.05) is 19.9 Å². The molecule has 0 radical (unpaired) electrons. The number of ether oxygens (including phenoxy) is 1. The summed E-state index contributed by atoms with van der Waals surface area (Å²) in [7, 11) is 0. The number of benzene rings is 1. The van der Waals surface area contributed by atoms with E-state index in [2.05, 4.69) is 12.2 Å². The lowest BCUT2D eigenvalue weighted by molar-refractivity contribution is 0.0601. The molecule has 100 valence electrons. The summed E-state index contributed by atoms with van der Waals surface area (Å²) in [4.78, 5) is 0. The lowest BCUT2D eigenvalue weighted by Gasteiger charge is -2.27. The molecule has 0 saturated carbocycles. The van der Waals surface area contributed by atoms with E-state index in [0.717, 1.165) is 30.7 Å². The highest BCUT2D eigenvalue weighted by Crippen LogP contribution is 2.32. The van der Waals surface area contributed by atoms with Crippen LogP contribution >= 0.6 is 0 Å². The summed E-state index contributed by atoms with van der Waals surface area (Å²) in [6, 6.07) is 5.24. The van der Waals surface area contributed by atoms with Gasteiger partial charge < -0.3 is 10.1 Å². The third-order valence-electron chi connectivity index (χ3n) is 3.68. The van der Waals surface area contributed by atoms with E-state index in [1.54, 1.807) is 12.1 Å². The minimum Gasteiger partial charge on any atom is -0.376 e. The van der Waals surface area contributed by atoms with Crippen LogP contribution in [0.1, 0.15) is 37.4 Å². The first-order valence-corrected chi connectivity index (χ1v) is 6.74. The predicted octanol–water partition coefficient (Wildman–Crippen LogP) is 3.21. The van der Waals surface area contributed by atoms with Crippen LogP contribution in [0.2, 0.25) is 0 Å². The van der Waals surface area contributed by atoms with Crippen LogP contribution in [0.3, 0.4) is 0 Å². The van der Waals surface area contributed by atoms with E-state index in [-0.39, 0.29) is 18.0 Å². The molecule has 0 bridgehead atoms. The quantitative estimate of drug-likeness (QED) is 0.887. The standard InChI is InChI=1S/C15H22FNO/c1-4-17-14(15-11(3)7-8-18-15)12-9-10(2)5-6-13(12)16/h5-6,9,11,14-15,17H,4,7-8H2,1-3H3. The lowest BCUT2D eigenvalue weighted by atomic mass is 9.91. The van der Waals surface area contributed by atoms with Gasteiger partial charge in [-0.15, -0.1) is 0 Å². The summed E-state index contributed by atoms with van der Waals surface area (Å²) >= 11 is 0. The van der Waals surface area contributed by atoms with Gasteiger partial charge in [0.15, 0.2) is 0 Å². The van der Waals surface area contributed by atoms with Crippen LogP contribution < -0.4 is 5.32 Å². The maximum Gasteiger partial charge on any atom is 0.128 e. The summed E-state index contributed by atoms with van der Waals surface area (Å²) in [5.41, 5.74) is 1.82. The van der Waals surface area contributed by atoms with Crippen molar-refractivity contribution in [2.75, 3.05) is 13.2 Å². The molecule has 2 nitrogen and oxygen atoms in total. The Labute approximate surface area is 109 Å². The molecule has 0 aliphatic carbocycles. The summed E-state index contributed by atoms with van der Waals surface area (Å²) in [5, 5.41) is 3.37. The Morgan fingerprint density at radius 3 is 2.89 bits per heavy atom. The molecule has 1 aromatic rings. The van der Waals surface area contributed by atoms with Gasteiger partial charge in [0.25, 0.3) is 0 Å². The minimum absolute atomic E-state index is 0.0487. The van der Waals surface area contributed by atoms with E-state index < -0.39 is 0 Å². The Morgan fingerprint density at radius 1 is 1.50 bits per heavy atom. The summed E-state index contributed by atoms with van der Waals surface area (Å²) in [5.74, 6) is 0.322. The zero-order valence-corrected chi connectivity index (χ0v) is 11.4. The van der Waals surface area contributed by atoms with Crippen LogP contribution in [-0.4, -0.2) is 19.3 Å². The van der Waals surface area contributed by atoms with Gasteiger partial charge in [0.2, 0.25) is 0 Å². The summed E-state index contributed by atoms with van der Waals surface area (Å²) in [6.07, 6.45) is 1.13. The van der Waals surface area contributed by atoms with Crippen LogP contribution in [0.5, 0.6) is 0 Å². The van der Waals surface area contributed by atoms with E-state index in [0.29, 0.717) is 5.92 Å². The second-order valence-electron chi connectivity index (χ2n) is 5.16. The van der Waals surface area contributed by atoms with Crippen molar-refractivity contribution in [2.45, 2.75) is 39.3 Å². The molecule has 2 rings (SSSR count). The number of halogens is 1. The first-order valence-electron chi connectivity index (χ1n) is 6.74. The van der Waals surface area contributed by atoms with Gasteiger partial charge in [-0.05, 0) is 31.9 Å². The Morgan fingerprint density at radius 2 is 2.28 bits per heavy atom. The largest absolute Gasteiger partial charge is 0.376 e. The molecule has 1 heterocycles. The Bertz CT molecular complexity index is 407. The zero-order valence-electron chi connectivity index (χ0n) is 11.4. The molecule has 1 aliphatic rings. The van der Waals surface area contributed by atoms with Gasteiger partial charge in [-0.25, -0.2) is 4.39 Å². The third-order valence-corrected chi connectivity index (χ3v) is 3.68. The van der Waals surface area contributed by atoms with Gasteiger partial charge in [0.05, 0.1) is 12.1 Å². The summed E-state index contributed by atoms with van der Waals surface area (Å²) in [6.45, 7) is 7.80. The molecule has 3 heteroatoms. The number of hydrogen-bond donors (Lipinski definition) is 1. The smallest absolute Gasteiger partial charge is 0.128 e. The molecule has 1 fully saturated rings. The van der Waals surface area contributed by atoms with Crippen LogP contribution in [0, 0.1) is 18.7 Å². The number of rotatable bonds is 4. The summed E-state index contributed by atoms with van der Waals surface area (Å²) < 4.78 is 19.8. The van der Waals surface area contributed by atoms with E-state index in [1.165, 1.54) is 0 Å². The number of aryl methyl sites for hydroxylation is 1. The van der Waals surface area contributed by atoms with Crippen LogP contribution in [0.15, 0.2) is 18.2 Å². The molecule has 0 aromatic heterocycles. The highest BCUT2D eigenvalue weighted by Gasteiger charge is 2.33. The molecule has 1 saturated heterocycles. The Hall–Kier alpha value is -0.930. The normalized spacial score (nSPS) is 25.3. The predicted molar refractivity (Wildman–Crippen MR) is 71.1 cm³/mol. The minimum atomic E-state index is -0.144. The van der Waals surface area contributed by atoms with Crippen molar-refractivity contribution in [3.8, 4) is 0 Å². The van der Waals surface area contributed by atoms with E-state index >= 15 is 0 Å². The highest BCUT2D eigenvalue weighted by molar-refractivity contribution is 5.28. The number of likely N-dealkylation sites (N-methyl/N-ethyl adjacent to an activating group) is 1. The SMILES string of the molecule is CCNC(c1cc(C)ccc1F)C1OCCC1C. The number of hydrogen-bond acceptors (Lipinski definition) is 2. The van der Waals surface area contributed by atoms with Gasteiger partial charge in [-0.3, -0.25) is 0 Å². The molecule has 1 aromatic carbocycles. The van der Waals surface area contributed by atoms with Crippen LogP contribution in [-0.2, 0) is 4.74 Å². The van der Waals surface area contributed by atoms with Crippen LogP contribution in [0.25, 0.3) is 0 Å². The van der Waals surface area contributed by atoms with E-state index in [9.17, 15) is 4.39 Å². The van der Waals surface area contributed by atoms with Crippen molar-refractivity contribution >= 4 is 0 Å². The first kappa shape index (κ1) is 13.5. The highest BCUT2D eigenvalue weighted by atomic mass is 19.1. The third kappa shape index (κ3) is 2.73. The number of nitrogens with one attached hydrogen (secondary N) is 1. The molecule has 0 spiro atoms. The zero-order chi connectivity index (χ0) is 13.1. The topological polar surface area (TPSA) is 21.3 Å². The second kappa shape index (κ2) is 5.81. The average Bonchev–Trinajstić information content (AvgIpc) is 2.76. The van der Waals surface area contributed by atoms with Crippen molar-refractivity contribution < 1.29 is 9.13 Å². The molecule has 1 aliphatic heterocycles.